The summed E-state index contributed by atoms with van der Waals surface area (Å²) in [6.07, 6.45) is -4.35. The largest absolute Gasteiger partial charge is 0.416 e. The van der Waals surface area contributed by atoms with E-state index in [4.69, 9.17) is 5.73 Å². The third kappa shape index (κ3) is 5.45. The molecule has 1 aromatic rings. The highest BCUT2D eigenvalue weighted by Crippen LogP contribution is 2.30. The summed E-state index contributed by atoms with van der Waals surface area (Å²) in [4.78, 5) is 27.9. The molecule has 1 heterocycles. The van der Waals surface area contributed by atoms with Crippen LogP contribution in [0.15, 0.2) is 24.3 Å². The van der Waals surface area contributed by atoms with E-state index in [-0.39, 0.29) is 36.7 Å². The Kier molecular flexibility index (Phi) is 6.19. The fourth-order valence-electron chi connectivity index (χ4n) is 3.25. The van der Waals surface area contributed by atoms with Gasteiger partial charge in [-0.15, -0.1) is 0 Å². The van der Waals surface area contributed by atoms with Crippen LogP contribution in [0.4, 0.5) is 13.2 Å². The number of rotatable bonds is 6. The summed E-state index contributed by atoms with van der Waals surface area (Å²) >= 11 is 0. The van der Waals surface area contributed by atoms with Gasteiger partial charge in [0.1, 0.15) is 0 Å². The number of likely N-dealkylation sites (tertiary alicyclic amines) is 1. The van der Waals surface area contributed by atoms with Gasteiger partial charge in [-0.1, -0.05) is 26.0 Å². The summed E-state index contributed by atoms with van der Waals surface area (Å²) in [6, 6.07) is 4.91. The first-order chi connectivity index (χ1) is 12.4. The number of benzene rings is 1. The molecule has 2 rings (SSSR count). The van der Waals surface area contributed by atoms with Crippen molar-refractivity contribution in [3.8, 4) is 0 Å². The zero-order valence-corrected chi connectivity index (χ0v) is 15.8. The van der Waals surface area contributed by atoms with Crippen LogP contribution in [-0.2, 0) is 22.3 Å². The summed E-state index contributed by atoms with van der Waals surface area (Å²) in [5, 5.41) is 0. The Balaban J connectivity index is 2.02. The Morgan fingerprint density at radius 2 is 2.00 bits per heavy atom. The number of hydrogen-bond acceptors (Lipinski definition) is 3. The van der Waals surface area contributed by atoms with E-state index in [1.807, 2.05) is 13.8 Å². The maximum absolute atomic E-state index is 12.8. The van der Waals surface area contributed by atoms with Gasteiger partial charge in [-0.05, 0) is 29.7 Å². The lowest BCUT2D eigenvalue weighted by atomic mass is 9.92. The molecule has 8 heteroatoms. The zero-order chi connectivity index (χ0) is 20.4. The van der Waals surface area contributed by atoms with Gasteiger partial charge in [-0.25, -0.2) is 0 Å². The van der Waals surface area contributed by atoms with Crippen LogP contribution in [0.2, 0.25) is 0 Å². The quantitative estimate of drug-likeness (QED) is 0.818. The molecule has 0 saturated carbocycles. The molecule has 0 radical (unpaired) electrons. The molecule has 2 amide bonds. The van der Waals surface area contributed by atoms with Crippen LogP contribution in [0.1, 0.15) is 31.4 Å². The number of nitrogens with zero attached hydrogens (tertiary/aromatic N) is 2. The summed E-state index contributed by atoms with van der Waals surface area (Å²) in [5.41, 5.74) is 5.11. The predicted octanol–water partition coefficient (Wildman–Crippen LogP) is 2.50. The van der Waals surface area contributed by atoms with Gasteiger partial charge in [-0.2, -0.15) is 13.2 Å². The molecule has 1 fully saturated rings. The summed E-state index contributed by atoms with van der Waals surface area (Å²) in [6.45, 7) is 5.08. The fourth-order valence-corrected chi connectivity index (χ4v) is 3.25. The SMILES string of the molecule is CN(CC(C)(C)CN)C(=O)C1CC(=O)N(Cc2cccc(C(F)(F)F)c2)C1. The molecule has 1 saturated heterocycles. The monoisotopic (exact) mass is 385 g/mol. The highest BCUT2D eigenvalue weighted by Gasteiger charge is 2.37. The van der Waals surface area contributed by atoms with E-state index < -0.39 is 17.7 Å². The first-order valence-corrected chi connectivity index (χ1v) is 8.82. The minimum Gasteiger partial charge on any atom is -0.345 e. The van der Waals surface area contributed by atoms with E-state index in [1.165, 1.54) is 11.0 Å². The lowest BCUT2D eigenvalue weighted by Gasteiger charge is -2.30. The Morgan fingerprint density at radius 3 is 2.59 bits per heavy atom. The maximum Gasteiger partial charge on any atom is 0.416 e. The van der Waals surface area contributed by atoms with Crippen molar-refractivity contribution in [2.45, 2.75) is 33.0 Å². The molecule has 1 aliphatic rings. The van der Waals surface area contributed by atoms with Crippen LogP contribution >= 0.6 is 0 Å². The van der Waals surface area contributed by atoms with Crippen LogP contribution in [-0.4, -0.2) is 48.3 Å². The van der Waals surface area contributed by atoms with Gasteiger partial charge in [0.05, 0.1) is 11.5 Å². The van der Waals surface area contributed by atoms with E-state index in [9.17, 15) is 22.8 Å². The van der Waals surface area contributed by atoms with Crippen molar-refractivity contribution in [1.29, 1.82) is 0 Å². The first kappa shape index (κ1) is 21.2. The number of carbonyl (C=O) groups is 2. The number of hydrogen-bond donors (Lipinski definition) is 1. The van der Waals surface area contributed by atoms with Crippen molar-refractivity contribution in [2.24, 2.45) is 17.1 Å². The number of amides is 2. The Bertz CT molecular complexity index is 704. The summed E-state index contributed by atoms with van der Waals surface area (Å²) in [5.74, 6) is -0.851. The van der Waals surface area contributed by atoms with Gasteiger partial charge in [0.25, 0.3) is 0 Å². The van der Waals surface area contributed by atoms with Gasteiger partial charge in [0, 0.05) is 33.1 Å². The molecule has 0 bridgehead atoms. The van der Waals surface area contributed by atoms with E-state index in [0.717, 1.165) is 12.1 Å². The Morgan fingerprint density at radius 1 is 1.33 bits per heavy atom. The molecule has 1 aliphatic heterocycles. The Hall–Kier alpha value is -2.09. The second kappa shape index (κ2) is 7.88. The van der Waals surface area contributed by atoms with Crippen molar-refractivity contribution in [3.05, 3.63) is 35.4 Å². The zero-order valence-electron chi connectivity index (χ0n) is 15.8. The number of halogens is 3. The second-order valence-electron chi connectivity index (χ2n) is 7.94. The van der Waals surface area contributed by atoms with Gasteiger partial charge >= 0.3 is 6.18 Å². The van der Waals surface area contributed by atoms with Crippen molar-refractivity contribution < 1.29 is 22.8 Å². The number of alkyl halides is 3. The molecule has 1 atom stereocenters. The lowest BCUT2D eigenvalue weighted by molar-refractivity contribution is -0.137. The normalized spacial score (nSPS) is 18.1. The minimum atomic E-state index is -4.43. The molecular weight excluding hydrogens is 359 g/mol. The molecule has 1 unspecified atom stereocenters. The summed E-state index contributed by atoms with van der Waals surface area (Å²) in [7, 11) is 1.68. The van der Waals surface area contributed by atoms with E-state index in [2.05, 4.69) is 0 Å². The third-order valence-electron chi connectivity index (χ3n) is 4.79. The average molecular weight is 385 g/mol. The smallest absolute Gasteiger partial charge is 0.345 e. The number of nitrogens with two attached hydrogens (primary N) is 1. The van der Waals surface area contributed by atoms with Crippen LogP contribution in [0.25, 0.3) is 0 Å². The molecule has 1 aromatic carbocycles. The van der Waals surface area contributed by atoms with E-state index in [1.54, 1.807) is 18.0 Å². The van der Waals surface area contributed by atoms with E-state index >= 15 is 0 Å². The number of carbonyl (C=O) groups excluding carboxylic acids is 2. The minimum absolute atomic E-state index is 0.0601. The van der Waals surface area contributed by atoms with Crippen LogP contribution in [0.5, 0.6) is 0 Å². The standard InChI is InChI=1S/C19H26F3N3O2/c1-18(2,11-23)12-24(3)17(27)14-8-16(26)25(10-14)9-13-5-4-6-15(7-13)19(20,21)22/h4-7,14H,8-12,23H2,1-3H3. The van der Waals surface area contributed by atoms with Gasteiger partial charge in [0.2, 0.25) is 11.8 Å². The lowest BCUT2D eigenvalue weighted by Crippen LogP contribution is -2.42. The average Bonchev–Trinajstić information content (AvgIpc) is 2.94. The molecule has 27 heavy (non-hydrogen) atoms. The van der Waals surface area contributed by atoms with Gasteiger partial charge in [-0.3, -0.25) is 9.59 Å². The van der Waals surface area contributed by atoms with Crippen LogP contribution in [0.3, 0.4) is 0 Å². The van der Waals surface area contributed by atoms with Gasteiger partial charge < -0.3 is 15.5 Å². The summed E-state index contributed by atoms with van der Waals surface area (Å²) < 4.78 is 38.5. The predicted molar refractivity (Wildman–Crippen MR) is 95.4 cm³/mol. The molecule has 0 aliphatic carbocycles. The maximum atomic E-state index is 12.8. The molecule has 150 valence electrons. The Labute approximate surface area is 157 Å². The molecular formula is C19H26F3N3O2. The molecule has 2 N–H and O–H groups in total. The topological polar surface area (TPSA) is 66.6 Å². The molecule has 0 spiro atoms. The van der Waals surface area contributed by atoms with Crippen molar-refractivity contribution in [1.82, 2.24) is 9.80 Å². The fraction of sp³-hybridized carbons (Fsp3) is 0.579. The first-order valence-electron chi connectivity index (χ1n) is 8.82. The highest BCUT2D eigenvalue weighted by atomic mass is 19.4. The van der Waals surface area contributed by atoms with E-state index in [0.29, 0.717) is 18.7 Å². The van der Waals surface area contributed by atoms with Crippen molar-refractivity contribution in [2.75, 3.05) is 26.7 Å². The second-order valence-corrected chi connectivity index (χ2v) is 7.94. The van der Waals surface area contributed by atoms with Crippen molar-refractivity contribution in [3.63, 3.8) is 0 Å². The van der Waals surface area contributed by atoms with Crippen molar-refractivity contribution >= 4 is 11.8 Å². The third-order valence-corrected chi connectivity index (χ3v) is 4.79. The highest BCUT2D eigenvalue weighted by molar-refractivity contribution is 5.89. The molecule has 5 nitrogen and oxygen atoms in total. The molecule has 0 aromatic heterocycles. The van der Waals surface area contributed by atoms with Crippen LogP contribution in [0, 0.1) is 11.3 Å². The van der Waals surface area contributed by atoms with Gasteiger partial charge in [0.15, 0.2) is 0 Å². The van der Waals surface area contributed by atoms with Crippen LogP contribution < -0.4 is 5.73 Å².